The first-order valence-corrected chi connectivity index (χ1v) is 7.89. The molecule has 1 radical (unpaired) electrons. The minimum Gasteiger partial charge on any atom is -0.326 e. The predicted octanol–water partition coefficient (Wildman–Crippen LogP) is 4.02. The summed E-state index contributed by atoms with van der Waals surface area (Å²) in [5.41, 5.74) is 13.6. The maximum absolute atomic E-state index is 14.1. The number of rotatable bonds is 7. The largest absolute Gasteiger partial charge is 0.326 e. The van der Waals surface area contributed by atoms with Gasteiger partial charge in [0.15, 0.2) is 0 Å². The Balaban J connectivity index is 2.40. The molecule has 23 heavy (non-hydrogen) atoms. The second kappa shape index (κ2) is 8.18. The molecule has 2 nitrogen and oxygen atoms in total. The average Bonchev–Trinajstić information content (AvgIpc) is 2.55. The lowest BCUT2D eigenvalue weighted by Gasteiger charge is -2.19. The van der Waals surface area contributed by atoms with Gasteiger partial charge in [-0.1, -0.05) is 37.6 Å². The van der Waals surface area contributed by atoms with Crippen molar-refractivity contribution < 1.29 is 8.78 Å². The fourth-order valence-electron chi connectivity index (χ4n) is 2.69. The number of benzene rings is 2. The van der Waals surface area contributed by atoms with E-state index < -0.39 is 0 Å². The zero-order valence-electron chi connectivity index (χ0n) is 13.4. The van der Waals surface area contributed by atoms with Gasteiger partial charge in [-0.2, -0.15) is 0 Å². The van der Waals surface area contributed by atoms with E-state index in [2.05, 4.69) is 6.42 Å². The maximum Gasteiger partial charge on any atom is 0.127 e. The highest BCUT2D eigenvalue weighted by Crippen LogP contribution is 2.31. The summed E-state index contributed by atoms with van der Waals surface area (Å²) >= 11 is 0. The van der Waals surface area contributed by atoms with Crippen LogP contribution in [-0.2, 0) is 13.1 Å². The summed E-state index contributed by atoms with van der Waals surface area (Å²) in [7, 11) is 0. The van der Waals surface area contributed by atoms with Crippen LogP contribution in [0.5, 0.6) is 0 Å². The average molecular weight is 317 g/mol. The second-order valence-electron chi connectivity index (χ2n) is 5.60. The van der Waals surface area contributed by atoms with Gasteiger partial charge < -0.3 is 11.5 Å². The zero-order chi connectivity index (χ0) is 16.8. The van der Waals surface area contributed by atoms with E-state index in [1.807, 2.05) is 19.1 Å². The molecule has 0 spiro atoms. The van der Waals surface area contributed by atoms with Crippen molar-refractivity contribution >= 4 is 0 Å². The first kappa shape index (κ1) is 17.6. The number of hydrogen-bond acceptors (Lipinski definition) is 2. The van der Waals surface area contributed by atoms with Crippen LogP contribution in [-0.4, -0.2) is 0 Å². The summed E-state index contributed by atoms with van der Waals surface area (Å²) in [6, 6.07) is 10.2. The lowest BCUT2D eigenvalue weighted by molar-refractivity contribution is 0.600. The first-order chi connectivity index (χ1) is 11.1. The van der Waals surface area contributed by atoms with Crippen molar-refractivity contribution in [3.8, 4) is 0 Å². The van der Waals surface area contributed by atoms with Crippen LogP contribution in [0.2, 0.25) is 0 Å². The van der Waals surface area contributed by atoms with Crippen LogP contribution in [0.25, 0.3) is 0 Å². The van der Waals surface area contributed by atoms with Gasteiger partial charge >= 0.3 is 0 Å². The molecule has 0 aliphatic rings. The van der Waals surface area contributed by atoms with Crippen molar-refractivity contribution in [3.63, 3.8) is 0 Å². The molecule has 0 atom stereocenters. The number of halogens is 2. The Kier molecular flexibility index (Phi) is 6.25. The molecule has 4 heteroatoms. The van der Waals surface area contributed by atoms with E-state index in [4.69, 9.17) is 11.5 Å². The fourth-order valence-corrected chi connectivity index (χ4v) is 2.69. The number of nitrogens with two attached hydrogens (primary N) is 2. The molecule has 0 aliphatic carbocycles. The van der Waals surface area contributed by atoms with Crippen molar-refractivity contribution in [2.45, 2.75) is 38.8 Å². The summed E-state index contributed by atoms with van der Waals surface area (Å²) in [5.74, 6) is -0.714. The molecular weight excluding hydrogens is 294 g/mol. The molecule has 0 fully saturated rings. The Morgan fingerprint density at radius 1 is 0.913 bits per heavy atom. The number of hydrogen-bond donors (Lipinski definition) is 2. The van der Waals surface area contributed by atoms with E-state index in [1.165, 1.54) is 12.1 Å². The van der Waals surface area contributed by atoms with Crippen LogP contribution in [0.1, 0.15) is 47.9 Å². The van der Waals surface area contributed by atoms with Gasteiger partial charge in [-0.05, 0) is 36.1 Å². The standard InChI is InChI=1S/C19H23F2N2/c1-2-3-4-17(13-5-7-15(11-22)18(20)9-13)14-6-8-16(12-23)19(21)10-14/h3,5-10,17H,2,4,11-12,22-23H2,1H3. The van der Waals surface area contributed by atoms with Gasteiger partial charge in [-0.15, -0.1) is 0 Å². The van der Waals surface area contributed by atoms with Crippen LogP contribution in [0.15, 0.2) is 36.4 Å². The van der Waals surface area contributed by atoms with Gasteiger partial charge in [0.2, 0.25) is 0 Å². The van der Waals surface area contributed by atoms with Crippen molar-refractivity contribution in [1.82, 2.24) is 0 Å². The van der Waals surface area contributed by atoms with Crippen molar-refractivity contribution in [1.29, 1.82) is 0 Å². The smallest absolute Gasteiger partial charge is 0.127 e. The molecule has 0 aromatic heterocycles. The van der Waals surface area contributed by atoms with E-state index in [0.29, 0.717) is 11.1 Å². The Morgan fingerprint density at radius 3 is 1.74 bits per heavy atom. The minimum absolute atomic E-state index is 0.0856. The third kappa shape index (κ3) is 4.15. The second-order valence-corrected chi connectivity index (χ2v) is 5.60. The molecule has 0 saturated heterocycles. The lowest BCUT2D eigenvalue weighted by Crippen LogP contribution is -2.07. The minimum atomic E-state index is -0.314. The molecule has 0 bridgehead atoms. The molecule has 123 valence electrons. The van der Waals surface area contributed by atoms with Gasteiger partial charge in [0, 0.05) is 30.1 Å². The van der Waals surface area contributed by atoms with Gasteiger partial charge in [0.25, 0.3) is 0 Å². The summed E-state index contributed by atoms with van der Waals surface area (Å²) < 4.78 is 28.1. The van der Waals surface area contributed by atoms with E-state index in [9.17, 15) is 8.78 Å². The molecule has 0 unspecified atom stereocenters. The third-order valence-corrected chi connectivity index (χ3v) is 4.09. The fraction of sp³-hybridized carbons (Fsp3) is 0.316. The van der Waals surface area contributed by atoms with Gasteiger partial charge in [0.05, 0.1) is 0 Å². The predicted molar refractivity (Wildman–Crippen MR) is 89.6 cm³/mol. The van der Waals surface area contributed by atoms with E-state index >= 15 is 0 Å². The molecule has 0 heterocycles. The highest BCUT2D eigenvalue weighted by Gasteiger charge is 2.17. The highest BCUT2D eigenvalue weighted by atomic mass is 19.1. The van der Waals surface area contributed by atoms with Crippen LogP contribution < -0.4 is 11.5 Å². The molecule has 2 aromatic carbocycles. The summed E-state index contributed by atoms with van der Waals surface area (Å²) in [6.45, 7) is 2.38. The summed E-state index contributed by atoms with van der Waals surface area (Å²) in [5, 5.41) is 0. The van der Waals surface area contributed by atoms with Crippen LogP contribution >= 0.6 is 0 Å². The Labute approximate surface area is 136 Å². The van der Waals surface area contributed by atoms with E-state index in [1.54, 1.807) is 12.1 Å². The zero-order valence-corrected chi connectivity index (χ0v) is 13.4. The summed E-state index contributed by atoms with van der Waals surface area (Å²) in [4.78, 5) is 0. The third-order valence-electron chi connectivity index (χ3n) is 4.09. The van der Waals surface area contributed by atoms with Crippen molar-refractivity contribution in [3.05, 3.63) is 76.7 Å². The number of unbranched alkanes of at least 4 members (excludes halogenated alkanes) is 1. The van der Waals surface area contributed by atoms with Gasteiger partial charge in [-0.25, -0.2) is 8.78 Å². The molecular formula is C19H23F2N2. The van der Waals surface area contributed by atoms with E-state index in [0.717, 1.165) is 24.0 Å². The Bertz CT molecular complexity index is 602. The molecule has 0 amide bonds. The quantitative estimate of drug-likeness (QED) is 0.810. The van der Waals surface area contributed by atoms with Crippen molar-refractivity contribution in [2.75, 3.05) is 0 Å². The lowest BCUT2D eigenvalue weighted by atomic mass is 9.86. The molecule has 0 saturated carbocycles. The maximum atomic E-state index is 14.1. The monoisotopic (exact) mass is 317 g/mol. The van der Waals surface area contributed by atoms with Crippen LogP contribution in [0.4, 0.5) is 8.78 Å². The highest BCUT2D eigenvalue weighted by molar-refractivity contribution is 5.37. The Morgan fingerprint density at radius 2 is 1.39 bits per heavy atom. The van der Waals surface area contributed by atoms with Gasteiger partial charge in [0.1, 0.15) is 11.6 Å². The summed E-state index contributed by atoms with van der Waals surface area (Å²) in [6.07, 6.45) is 3.75. The van der Waals surface area contributed by atoms with Gasteiger partial charge in [-0.3, -0.25) is 0 Å². The van der Waals surface area contributed by atoms with Crippen LogP contribution in [0.3, 0.4) is 0 Å². The van der Waals surface area contributed by atoms with Crippen LogP contribution in [0, 0.1) is 18.1 Å². The normalized spacial score (nSPS) is 11.2. The van der Waals surface area contributed by atoms with Crippen molar-refractivity contribution in [2.24, 2.45) is 11.5 Å². The topological polar surface area (TPSA) is 52.0 Å². The molecule has 4 N–H and O–H groups in total. The first-order valence-electron chi connectivity index (χ1n) is 7.89. The SMILES string of the molecule is CC[CH]CC(c1ccc(CN)c(F)c1)c1ccc(CN)c(F)c1. The van der Waals surface area contributed by atoms with E-state index in [-0.39, 0.29) is 30.6 Å². The Hall–Kier alpha value is -1.78. The molecule has 2 aromatic rings. The molecule has 0 aliphatic heterocycles. The molecule has 2 rings (SSSR count).